The van der Waals surface area contributed by atoms with E-state index in [1.54, 1.807) is 0 Å². The molecule has 1 unspecified atom stereocenters. The van der Waals surface area contributed by atoms with Gasteiger partial charge in [-0.3, -0.25) is 4.79 Å². The number of hydrogen-bond acceptors (Lipinski definition) is 3. The summed E-state index contributed by atoms with van der Waals surface area (Å²) in [5, 5.41) is 0. The highest BCUT2D eigenvalue weighted by Gasteiger charge is 2.31. The van der Waals surface area contributed by atoms with Crippen molar-refractivity contribution in [2.24, 2.45) is 17.6 Å². The van der Waals surface area contributed by atoms with Crippen molar-refractivity contribution >= 4 is 5.91 Å². The van der Waals surface area contributed by atoms with Crippen molar-refractivity contribution < 1.29 is 9.21 Å². The number of rotatable bonds is 4. The van der Waals surface area contributed by atoms with E-state index in [0.717, 1.165) is 18.1 Å². The molecule has 0 aromatic carbocycles. The summed E-state index contributed by atoms with van der Waals surface area (Å²) >= 11 is 0. The van der Waals surface area contributed by atoms with Crippen LogP contribution in [0.15, 0.2) is 16.5 Å². The average molecular weight is 236 g/mol. The zero-order valence-electron chi connectivity index (χ0n) is 10.5. The van der Waals surface area contributed by atoms with E-state index in [4.69, 9.17) is 10.2 Å². The van der Waals surface area contributed by atoms with Crippen LogP contribution in [-0.2, 0) is 17.9 Å². The maximum atomic E-state index is 11.8. The first-order valence-corrected chi connectivity index (χ1v) is 6.15. The third kappa shape index (κ3) is 2.69. The number of carbonyl (C=O) groups is 1. The fourth-order valence-electron chi connectivity index (χ4n) is 2.21. The van der Waals surface area contributed by atoms with Crippen molar-refractivity contribution in [3.63, 3.8) is 0 Å². The molecular weight excluding hydrogens is 216 g/mol. The Morgan fingerprint density at radius 2 is 2.18 bits per heavy atom. The molecule has 0 spiro atoms. The van der Waals surface area contributed by atoms with Crippen molar-refractivity contribution in [1.29, 1.82) is 0 Å². The maximum Gasteiger partial charge on any atom is 0.223 e. The van der Waals surface area contributed by atoms with Gasteiger partial charge in [0.05, 0.1) is 13.1 Å². The third-order valence-corrected chi connectivity index (χ3v) is 3.45. The van der Waals surface area contributed by atoms with Gasteiger partial charge in [-0.25, -0.2) is 0 Å². The Bertz CT molecular complexity index is 398. The van der Waals surface area contributed by atoms with E-state index in [0.29, 0.717) is 31.3 Å². The first kappa shape index (κ1) is 12.2. The number of furan rings is 1. The van der Waals surface area contributed by atoms with Crippen LogP contribution < -0.4 is 5.73 Å². The number of hydrogen-bond donors (Lipinski definition) is 1. The van der Waals surface area contributed by atoms with Gasteiger partial charge in [-0.2, -0.15) is 0 Å². The van der Waals surface area contributed by atoms with E-state index in [1.807, 2.05) is 17.0 Å². The van der Waals surface area contributed by atoms with Gasteiger partial charge in [0.15, 0.2) is 0 Å². The van der Waals surface area contributed by atoms with Crippen molar-refractivity contribution in [3.05, 3.63) is 23.7 Å². The predicted octanol–water partition coefficient (Wildman–Crippen LogP) is 1.74. The summed E-state index contributed by atoms with van der Waals surface area (Å²) in [5.74, 6) is 2.86. The molecule has 2 rings (SSSR count). The minimum absolute atomic E-state index is 0.231. The minimum atomic E-state index is 0.231. The number of likely N-dealkylation sites (tertiary alicyclic amines) is 1. The van der Waals surface area contributed by atoms with Crippen LogP contribution in [0.5, 0.6) is 0 Å². The van der Waals surface area contributed by atoms with Gasteiger partial charge in [0.2, 0.25) is 5.91 Å². The van der Waals surface area contributed by atoms with E-state index in [2.05, 4.69) is 13.8 Å². The lowest BCUT2D eigenvalue weighted by molar-refractivity contribution is -0.128. The molecule has 1 aromatic rings. The average Bonchev–Trinajstić information content (AvgIpc) is 2.87. The van der Waals surface area contributed by atoms with Crippen LogP contribution in [0, 0.1) is 11.8 Å². The molecule has 1 aromatic heterocycles. The molecule has 0 bridgehead atoms. The summed E-state index contributed by atoms with van der Waals surface area (Å²) in [6, 6.07) is 3.77. The molecule has 2 N–H and O–H groups in total. The Kier molecular flexibility index (Phi) is 3.52. The normalized spacial score (nSPS) is 20.6. The Balaban J connectivity index is 1.97. The summed E-state index contributed by atoms with van der Waals surface area (Å²) in [6.07, 6.45) is 0.669. The van der Waals surface area contributed by atoms with Crippen molar-refractivity contribution in [2.45, 2.75) is 33.4 Å². The Labute approximate surface area is 102 Å². The lowest BCUT2D eigenvalue weighted by Gasteiger charge is -2.16. The van der Waals surface area contributed by atoms with Crippen molar-refractivity contribution in [1.82, 2.24) is 4.90 Å². The van der Waals surface area contributed by atoms with E-state index in [9.17, 15) is 4.79 Å². The number of amides is 1. The van der Waals surface area contributed by atoms with Crippen LogP contribution in [0.1, 0.15) is 31.8 Å². The standard InChI is InChI=1S/C13H20N2O2/c1-9(2)10-5-13(16)15(7-10)8-12-4-3-11(6-14)17-12/h3-4,9-10H,5-8,14H2,1-2H3. The second-order valence-electron chi connectivity index (χ2n) is 5.05. The quantitative estimate of drug-likeness (QED) is 0.866. The molecule has 0 saturated carbocycles. The zero-order chi connectivity index (χ0) is 12.4. The molecule has 2 heterocycles. The SMILES string of the molecule is CC(C)C1CC(=O)N(Cc2ccc(CN)o2)C1. The van der Waals surface area contributed by atoms with Crippen LogP contribution in [0.2, 0.25) is 0 Å². The second kappa shape index (κ2) is 4.92. The topological polar surface area (TPSA) is 59.5 Å². The highest BCUT2D eigenvalue weighted by molar-refractivity contribution is 5.78. The Hall–Kier alpha value is -1.29. The smallest absolute Gasteiger partial charge is 0.223 e. The molecule has 1 atom stereocenters. The third-order valence-electron chi connectivity index (χ3n) is 3.45. The molecule has 1 aliphatic heterocycles. The van der Waals surface area contributed by atoms with Gasteiger partial charge < -0.3 is 15.1 Å². The second-order valence-corrected chi connectivity index (χ2v) is 5.05. The van der Waals surface area contributed by atoms with E-state index in [-0.39, 0.29) is 5.91 Å². The zero-order valence-corrected chi connectivity index (χ0v) is 10.5. The fraction of sp³-hybridized carbons (Fsp3) is 0.615. The van der Waals surface area contributed by atoms with E-state index in [1.165, 1.54) is 0 Å². The molecule has 94 valence electrons. The molecule has 1 aliphatic rings. The van der Waals surface area contributed by atoms with E-state index < -0.39 is 0 Å². The highest BCUT2D eigenvalue weighted by Crippen LogP contribution is 2.26. The molecular formula is C13H20N2O2. The van der Waals surface area contributed by atoms with Gasteiger partial charge in [0.25, 0.3) is 0 Å². The first-order valence-electron chi connectivity index (χ1n) is 6.15. The Morgan fingerprint density at radius 1 is 1.47 bits per heavy atom. The molecule has 1 saturated heterocycles. The lowest BCUT2D eigenvalue weighted by Crippen LogP contribution is -2.24. The van der Waals surface area contributed by atoms with Gasteiger partial charge >= 0.3 is 0 Å². The molecule has 4 nitrogen and oxygen atoms in total. The largest absolute Gasteiger partial charge is 0.463 e. The summed E-state index contributed by atoms with van der Waals surface area (Å²) in [7, 11) is 0. The van der Waals surface area contributed by atoms with Gasteiger partial charge in [0, 0.05) is 13.0 Å². The van der Waals surface area contributed by atoms with Crippen LogP contribution in [-0.4, -0.2) is 17.4 Å². The number of carbonyl (C=O) groups excluding carboxylic acids is 1. The Morgan fingerprint density at radius 3 is 2.71 bits per heavy atom. The van der Waals surface area contributed by atoms with E-state index >= 15 is 0 Å². The van der Waals surface area contributed by atoms with Gasteiger partial charge in [-0.1, -0.05) is 13.8 Å². The molecule has 1 fully saturated rings. The van der Waals surface area contributed by atoms with Crippen molar-refractivity contribution in [2.75, 3.05) is 6.54 Å². The first-order chi connectivity index (χ1) is 8.10. The number of nitrogens with two attached hydrogens (primary N) is 1. The molecule has 0 aliphatic carbocycles. The van der Waals surface area contributed by atoms with Crippen LogP contribution >= 0.6 is 0 Å². The molecule has 17 heavy (non-hydrogen) atoms. The predicted molar refractivity (Wildman–Crippen MR) is 65.0 cm³/mol. The lowest BCUT2D eigenvalue weighted by atomic mass is 9.95. The summed E-state index contributed by atoms with van der Waals surface area (Å²) in [4.78, 5) is 13.7. The minimum Gasteiger partial charge on any atom is -0.463 e. The molecule has 0 radical (unpaired) electrons. The maximum absolute atomic E-state index is 11.8. The van der Waals surface area contributed by atoms with Crippen LogP contribution in [0.3, 0.4) is 0 Å². The van der Waals surface area contributed by atoms with Gasteiger partial charge in [0.1, 0.15) is 11.5 Å². The van der Waals surface area contributed by atoms with Crippen molar-refractivity contribution in [3.8, 4) is 0 Å². The van der Waals surface area contributed by atoms with Gasteiger partial charge in [-0.05, 0) is 24.0 Å². The summed E-state index contributed by atoms with van der Waals surface area (Å²) in [6.45, 7) is 6.15. The fourth-order valence-corrected chi connectivity index (χ4v) is 2.21. The van der Waals surface area contributed by atoms with Gasteiger partial charge in [-0.15, -0.1) is 0 Å². The molecule has 4 heteroatoms. The summed E-state index contributed by atoms with van der Waals surface area (Å²) < 4.78 is 5.52. The summed E-state index contributed by atoms with van der Waals surface area (Å²) in [5.41, 5.74) is 5.49. The monoisotopic (exact) mass is 236 g/mol. The number of nitrogens with zero attached hydrogens (tertiary/aromatic N) is 1. The van der Waals surface area contributed by atoms with Crippen LogP contribution in [0.4, 0.5) is 0 Å². The highest BCUT2D eigenvalue weighted by atomic mass is 16.3. The molecule has 1 amide bonds. The van der Waals surface area contributed by atoms with Crippen LogP contribution in [0.25, 0.3) is 0 Å².